The molecule has 1 aromatic carbocycles. The molecule has 7 heteroatoms. The first kappa shape index (κ1) is 13.3. The van der Waals surface area contributed by atoms with Crippen molar-refractivity contribution in [3.63, 3.8) is 0 Å². The van der Waals surface area contributed by atoms with E-state index < -0.39 is 0 Å². The van der Waals surface area contributed by atoms with Crippen LogP contribution in [0.1, 0.15) is 12.8 Å². The van der Waals surface area contributed by atoms with Crippen LogP contribution < -0.4 is 0 Å². The molecule has 0 fully saturated rings. The van der Waals surface area contributed by atoms with Gasteiger partial charge in [-0.3, -0.25) is 4.79 Å². The summed E-state index contributed by atoms with van der Waals surface area (Å²) in [6.07, 6.45) is 0.525. The number of aliphatic hydroxyl groups is 1. The quantitative estimate of drug-likeness (QED) is 0.793. The van der Waals surface area contributed by atoms with Gasteiger partial charge in [-0.15, -0.1) is 10.2 Å². The van der Waals surface area contributed by atoms with Gasteiger partial charge in [0.15, 0.2) is 11.5 Å². The molecule has 0 unspecified atom stereocenters. The Bertz CT molecular complexity index is 559. The van der Waals surface area contributed by atoms with E-state index in [4.69, 9.17) is 34.8 Å². The third-order valence-electron chi connectivity index (χ3n) is 2.36. The van der Waals surface area contributed by atoms with Gasteiger partial charge in [-0.1, -0.05) is 34.8 Å². The van der Waals surface area contributed by atoms with Crippen LogP contribution >= 0.6 is 34.8 Å². The van der Waals surface area contributed by atoms with Crippen molar-refractivity contribution in [3.8, 4) is 0 Å². The summed E-state index contributed by atoms with van der Waals surface area (Å²) in [6, 6.07) is 2.93. The zero-order chi connectivity index (χ0) is 13.3. The fourth-order valence-corrected chi connectivity index (χ4v) is 2.37. The summed E-state index contributed by atoms with van der Waals surface area (Å²) in [6.45, 7) is 0. The minimum absolute atomic E-state index is 0.0444. The van der Waals surface area contributed by atoms with Crippen molar-refractivity contribution in [3.05, 3.63) is 38.7 Å². The number of benzene rings is 1. The van der Waals surface area contributed by atoms with E-state index in [1.165, 1.54) is 12.1 Å². The molecule has 1 aliphatic rings. The zero-order valence-electron chi connectivity index (χ0n) is 8.95. The lowest BCUT2D eigenvalue weighted by Crippen LogP contribution is -1.92. The SMILES string of the molecule is O=C1CCC(O)=C1N=Nc1c(Cl)cc(Cl)cc1Cl. The van der Waals surface area contributed by atoms with E-state index in [2.05, 4.69) is 10.2 Å². The summed E-state index contributed by atoms with van der Waals surface area (Å²) in [4.78, 5) is 11.4. The Labute approximate surface area is 118 Å². The van der Waals surface area contributed by atoms with Gasteiger partial charge in [0.2, 0.25) is 0 Å². The first-order valence-corrected chi connectivity index (χ1v) is 6.14. The molecule has 0 aromatic heterocycles. The molecule has 4 nitrogen and oxygen atoms in total. The fourth-order valence-electron chi connectivity index (χ4n) is 1.47. The Morgan fingerprint density at radius 3 is 2.17 bits per heavy atom. The maximum atomic E-state index is 11.4. The molecule has 0 heterocycles. The number of rotatable bonds is 2. The van der Waals surface area contributed by atoms with Crippen LogP contribution in [0.25, 0.3) is 0 Å². The number of nitrogens with zero attached hydrogens (tertiary/aromatic N) is 2. The number of carbonyl (C=O) groups excluding carboxylic acids is 1. The standard InChI is InChI=1S/C11H7Cl3N2O2/c12-5-3-6(13)10(7(14)4-5)15-16-11-8(17)1-2-9(11)18/h3-4,17H,1-2H2. The van der Waals surface area contributed by atoms with Crippen LogP contribution in [0.3, 0.4) is 0 Å². The van der Waals surface area contributed by atoms with Crippen molar-refractivity contribution >= 4 is 46.3 Å². The Balaban J connectivity index is 2.36. The van der Waals surface area contributed by atoms with E-state index in [1.54, 1.807) is 0 Å². The summed E-state index contributed by atoms with van der Waals surface area (Å²) >= 11 is 17.6. The minimum Gasteiger partial charge on any atom is -0.510 e. The second-order valence-electron chi connectivity index (χ2n) is 3.64. The van der Waals surface area contributed by atoms with Crippen molar-refractivity contribution in [1.82, 2.24) is 0 Å². The molecule has 1 N–H and O–H groups in total. The second-order valence-corrected chi connectivity index (χ2v) is 4.89. The number of hydrogen-bond donors (Lipinski definition) is 1. The average Bonchev–Trinajstić information content (AvgIpc) is 2.58. The summed E-state index contributed by atoms with van der Waals surface area (Å²) in [5, 5.41) is 17.8. The van der Waals surface area contributed by atoms with Gasteiger partial charge in [0.25, 0.3) is 0 Å². The number of Topliss-reactive ketones (excluding diaryl/α,β-unsaturated/α-hetero) is 1. The van der Waals surface area contributed by atoms with Crippen molar-refractivity contribution in [2.45, 2.75) is 12.8 Å². The molecule has 2 rings (SSSR count). The highest BCUT2D eigenvalue weighted by Gasteiger charge is 2.22. The molecule has 18 heavy (non-hydrogen) atoms. The van der Waals surface area contributed by atoms with Gasteiger partial charge >= 0.3 is 0 Å². The van der Waals surface area contributed by atoms with Gasteiger partial charge < -0.3 is 5.11 Å². The fraction of sp³-hybridized carbons (Fsp3) is 0.182. The number of ketones is 1. The van der Waals surface area contributed by atoms with Crippen molar-refractivity contribution in [2.24, 2.45) is 10.2 Å². The van der Waals surface area contributed by atoms with Gasteiger partial charge in [-0.05, 0) is 12.1 Å². The highest BCUT2D eigenvalue weighted by atomic mass is 35.5. The van der Waals surface area contributed by atoms with Crippen LogP contribution in [0.5, 0.6) is 0 Å². The average molecular weight is 306 g/mol. The summed E-state index contributed by atoms with van der Waals surface area (Å²) in [7, 11) is 0. The maximum Gasteiger partial charge on any atom is 0.186 e. The molecule has 0 spiro atoms. The lowest BCUT2D eigenvalue weighted by atomic mass is 10.3. The van der Waals surface area contributed by atoms with Crippen molar-refractivity contribution < 1.29 is 9.90 Å². The Kier molecular flexibility index (Phi) is 3.90. The lowest BCUT2D eigenvalue weighted by Gasteiger charge is -2.01. The van der Waals surface area contributed by atoms with Crippen LogP contribution in [-0.4, -0.2) is 10.9 Å². The molecule has 0 saturated carbocycles. The second kappa shape index (κ2) is 5.26. The predicted octanol–water partition coefficient (Wildman–Crippen LogP) is 4.86. The third-order valence-corrected chi connectivity index (χ3v) is 3.15. The van der Waals surface area contributed by atoms with Gasteiger partial charge in [0.1, 0.15) is 11.4 Å². The molecular weight excluding hydrogens is 298 g/mol. The molecule has 0 amide bonds. The van der Waals surface area contributed by atoms with Crippen LogP contribution in [-0.2, 0) is 4.79 Å². The topological polar surface area (TPSA) is 62.0 Å². The number of hydrogen-bond acceptors (Lipinski definition) is 4. The third kappa shape index (κ3) is 2.66. The highest BCUT2D eigenvalue weighted by Crippen LogP contribution is 2.37. The van der Waals surface area contributed by atoms with Crippen molar-refractivity contribution in [2.75, 3.05) is 0 Å². The van der Waals surface area contributed by atoms with Crippen LogP contribution in [0.4, 0.5) is 5.69 Å². The Morgan fingerprint density at radius 2 is 1.67 bits per heavy atom. The van der Waals surface area contributed by atoms with Crippen LogP contribution in [0.15, 0.2) is 33.8 Å². The molecule has 1 aromatic rings. The van der Waals surface area contributed by atoms with E-state index in [-0.39, 0.29) is 45.8 Å². The van der Waals surface area contributed by atoms with Gasteiger partial charge in [-0.2, -0.15) is 0 Å². The first-order chi connectivity index (χ1) is 8.49. The molecule has 1 aliphatic carbocycles. The van der Waals surface area contributed by atoms with E-state index in [0.717, 1.165) is 0 Å². The predicted molar refractivity (Wildman–Crippen MR) is 69.9 cm³/mol. The van der Waals surface area contributed by atoms with E-state index in [1.807, 2.05) is 0 Å². The minimum atomic E-state index is -0.252. The normalized spacial score (nSPS) is 16.1. The van der Waals surface area contributed by atoms with E-state index >= 15 is 0 Å². The zero-order valence-corrected chi connectivity index (χ0v) is 11.2. The molecule has 0 radical (unpaired) electrons. The summed E-state index contributed by atoms with van der Waals surface area (Å²) < 4.78 is 0. The molecular formula is C11H7Cl3N2O2. The smallest absolute Gasteiger partial charge is 0.186 e. The first-order valence-electron chi connectivity index (χ1n) is 5.00. The number of aliphatic hydroxyl groups excluding tert-OH is 1. The molecule has 0 aliphatic heterocycles. The summed E-state index contributed by atoms with van der Waals surface area (Å²) in [5.41, 5.74) is 0.166. The highest BCUT2D eigenvalue weighted by molar-refractivity contribution is 6.41. The number of allylic oxidation sites excluding steroid dienone is 2. The summed E-state index contributed by atoms with van der Waals surface area (Å²) in [5.74, 6) is -0.317. The van der Waals surface area contributed by atoms with Crippen LogP contribution in [0.2, 0.25) is 15.1 Å². The number of azo groups is 1. The van der Waals surface area contributed by atoms with Crippen molar-refractivity contribution in [1.29, 1.82) is 0 Å². The molecule has 94 valence electrons. The maximum absolute atomic E-state index is 11.4. The van der Waals surface area contributed by atoms with Gasteiger partial charge in [0.05, 0.1) is 10.0 Å². The van der Waals surface area contributed by atoms with Gasteiger partial charge in [0, 0.05) is 17.9 Å². The van der Waals surface area contributed by atoms with Crippen LogP contribution in [0, 0.1) is 0 Å². The molecule has 0 bridgehead atoms. The lowest BCUT2D eigenvalue weighted by molar-refractivity contribution is -0.114. The monoisotopic (exact) mass is 304 g/mol. The van der Waals surface area contributed by atoms with Gasteiger partial charge in [-0.25, -0.2) is 0 Å². The number of carbonyl (C=O) groups is 1. The Hall–Kier alpha value is -1.10. The Morgan fingerprint density at radius 1 is 1.06 bits per heavy atom. The largest absolute Gasteiger partial charge is 0.510 e. The van der Waals surface area contributed by atoms with E-state index in [9.17, 15) is 9.90 Å². The molecule has 0 saturated heterocycles. The number of halogens is 3. The van der Waals surface area contributed by atoms with E-state index in [0.29, 0.717) is 5.02 Å². The molecule has 0 atom stereocenters.